The fourth-order valence-electron chi connectivity index (χ4n) is 3.12. The third-order valence-corrected chi connectivity index (χ3v) is 4.46. The molecule has 0 saturated carbocycles. The minimum atomic E-state index is -0.238. The van der Waals surface area contributed by atoms with Crippen molar-refractivity contribution in [3.8, 4) is 40.3 Å². The molecule has 1 aliphatic rings. The van der Waals surface area contributed by atoms with Crippen molar-refractivity contribution in [3.05, 3.63) is 57.9 Å². The molecule has 0 spiro atoms. The highest BCUT2D eigenvalue weighted by Gasteiger charge is 2.23. The number of H-pyrrole nitrogens is 1. The van der Waals surface area contributed by atoms with Crippen LogP contribution in [0, 0.1) is 0 Å². The molecule has 2 aromatic carbocycles. The quantitative estimate of drug-likeness (QED) is 0.597. The summed E-state index contributed by atoms with van der Waals surface area (Å²) in [6.07, 6.45) is 0.476. The smallest absolute Gasteiger partial charge is 0.258 e. The van der Waals surface area contributed by atoms with E-state index in [1.54, 1.807) is 12.1 Å². The molecule has 0 fully saturated rings. The van der Waals surface area contributed by atoms with Gasteiger partial charge in [0.05, 0.1) is 26.9 Å². The van der Waals surface area contributed by atoms with Crippen LogP contribution in [0.1, 0.15) is 11.1 Å². The van der Waals surface area contributed by atoms with Crippen LogP contribution in [0.25, 0.3) is 11.4 Å². The topological polar surface area (TPSA) is 82.7 Å². The highest BCUT2D eigenvalue weighted by Crippen LogP contribution is 2.41. The number of rotatable bonds is 4. The molecule has 7 nitrogen and oxygen atoms in total. The minimum Gasteiger partial charge on any atom is -0.493 e. The molecule has 4 rings (SSSR count). The lowest BCUT2D eigenvalue weighted by molar-refractivity contribution is 0.324. The average Bonchev–Trinajstić information content (AvgIpc) is 2.71. The van der Waals surface area contributed by atoms with E-state index in [0.29, 0.717) is 52.3 Å². The predicted octanol–water partition coefficient (Wildman–Crippen LogP) is 3.16. The molecule has 0 unspecified atom stereocenters. The number of hydrogen-bond acceptors (Lipinski definition) is 6. The Labute approximate surface area is 155 Å². The summed E-state index contributed by atoms with van der Waals surface area (Å²) in [7, 11) is 4.60. The van der Waals surface area contributed by atoms with Gasteiger partial charge >= 0.3 is 0 Å². The molecule has 138 valence electrons. The lowest BCUT2D eigenvalue weighted by Crippen LogP contribution is -2.20. The monoisotopic (exact) mass is 366 g/mol. The number of benzene rings is 2. The second-order valence-electron chi connectivity index (χ2n) is 6.00. The summed E-state index contributed by atoms with van der Waals surface area (Å²) >= 11 is 0. The number of nitrogens with zero attached hydrogens (tertiary/aromatic N) is 1. The first-order valence-electron chi connectivity index (χ1n) is 8.34. The molecule has 0 aliphatic carbocycles. The van der Waals surface area contributed by atoms with Crippen LogP contribution < -0.4 is 24.5 Å². The zero-order valence-corrected chi connectivity index (χ0v) is 15.2. The largest absolute Gasteiger partial charge is 0.493 e. The standard InChI is InChI=1S/C20H18N2O5/c1-24-15-9-12(10-16(25-2)17(15)26-3)18-21-19(23)13-8-11-6-4-5-7-14(11)27-20(13)22-18/h4-7,9-10H,8H2,1-3H3,(H,21,22,23). The fourth-order valence-corrected chi connectivity index (χ4v) is 3.12. The molecule has 1 N–H and O–H groups in total. The van der Waals surface area contributed by atoms with Crippen molar-refractivity contribution in [1.29, 1.82) is 0 Å². The van der Waals surface area contributed by atoms with Crippen LogP contribution in [0.2, 0.25) is 0 Å². The van der Waals surface area contributed by atoms with Crippen molar-refractivity contribution in [1.82, 2.24) is 9.97 Å². The second kappa shape index (κ2) is 6.68. The predicted molar refractivity (Wildman–Crippen MR) is 99.3 cm³/mol. The van der Waals surface area contributed by atoms with E-state index in [2.05, 4.69) is 9.97 Å². The van der Waals surface area contributed by atoms with Gasteiger partial charge < -0.3 is 23.9 Å². The summed E-state index contributed by atoms with van der Waals surface area (Å²) in [5.41, 5.74) is 1.84. The van der Waals surface area contributed by atoms with Gasteiger partial charge in [-0.25, -0.2) is 0 Å². The van der Waals surface area contributed by atoms with Gasteiger partial charge in [0.15, 0.2) is 11.5 Å². The van der Waals surface area contributed by atoms with Gasteiger partial charge in [-0.3, -0.25) is 4.79 Å². The molecule has 0 amide bonds. The Morgan fingerprint density at radius 3 is 2.41 bits per heavy atom. The van der Waals surface area contributed by atoms with Gasteiger partial charge in [0.2, 0.25) is 11.6 Å². The van der Waals surface area contributed by atoms with Crippen molar-refractivity contribution in [2.24, 2.45) is 0 Å². The number of hydrogen-bond donors (Lipinski definition) is 1. The van der Waals surface area contributed by atoms with E-state index in [0.717, 1.165) is 5.56 Å². The zero-order chi connectivity index (χ0) is 19.0. The molecule has 1 aromatic heterocycles. The summed E-state index contributed by atoms with van der Waals surface area (Å²) in [6.45, 7) is 0. The zero-order valence-electron chi connectivity index (χ0n) is 15.2. The van der Waals surface area contributed by atoms with Gasteiger partial charge in [-0.05, 0) is 23.8 Å². The van der Waals surface area contributed by atoms with Crippen LogP contribution in [0.3, 0.4) is 0 Å². The minimum absolute atomic E-state index is 0.238. The van der Waals surface area contributed by atoms with Crippen LogP contribution in [0.4, 0.5) is 0 Å². The van der Waals surface area contributed by atoms with Crippen LogP contribution in [0.15, 0.2) is 41.2 Å². The SMILES string of the molecule is COc1cc(-c2nc3c(c(=O)[nH]2)Cc2ccccc2O3)cc(OC)c1OC. The van der Waals surface area contributed by atoms with Crippen molar-refractivity contribution >= 4 is 0 Å². The molecule has 2 heterocycles. The van der Waals surface area contributed by atoms with E-state index in [1.807, 2.05) is 24.3 Å². The summed E-state index contributed by atoms with van der Waals surface area (Å²) in [5, 5.41) is 0. The number of para-hydroxylation sites is 1. The van der Waals surface area contributed by atoms with Crippen molar-refractivity contribution in [2.45, 2.75) is 6.42 Å². The first-order chi connectivity index (χ1) is 13.1. The molecule has 0 saturated heterocycles. The molecular weight excluding hydrogens is 348 g/mol. The maximum absolute atomic E-state index is 12.6. The molecule has 3 aromatic rings. The molecule has 1 aliphatic heterocycles. The molecule has 7 heteroatoms. The van der Waals surface area contributed by atoms with Crippen LogP contribution in [-0.4, -0.2) is 31.3 Å². The van der Waals surface area contributed by atoms with Gasteiger partial charge in [0, 0.05) is 12.0 Å². The fraction of sp³-hybridized carbons (Fsp3) is 0.200. The molecule has 0 radical (unpaired) electrons. The van der Waals surface area contributed by atoms with Gasteiger partial charge in [-0.1, -0.05) is 18.2 Å². The highest BCUT2D eigenvalue weighted by molar-refractivity contribution is 5.67. The van der Waals surface area contributed by atoms with Crippen LogP contribution in [0.5, 0.6) is 28.9 Å². The average molecular weight is 366 g/mol. The summed E-state index contributed by atoms with van der Waals surface area (Å²) in [4.78, 5) is 20.0. The number of aromatic nitrogens is 2. The van der Waals surface area contributed by atoms with E-state index < -0.39 is 0 Å². The van der Waals surface area contributed by atoms with E-state index in [-0.39, 0.29) is 5.56 Å². The van der Waals surface area contributed by atoms with E-state index in [9.17, 15) is 4.79 Å². The van der Waals surface area contributed by atoms with Gasteiger partial charge in [0.1, 0.15) is 11.6 Å². The first-order valence-corrected chi connectivity index (χ1v) is 8.34. The summed E-state index contributed by atoms with van der Waals surface area (Å²) < 4.78 is 21.9. The number of ether oxygens (including phenoxy) is 4. The Morgan fingerprint density at radius 2 is 1.74 bits per heavy atom. The highest BCUT2D eigenvalue weighted by atomic mass is 16.5. The Hall–Kier alpha value is -3.48. The van der Waals surface area contributed by atoms with Gasteiger partial charge in [-0.15, -0.1) is 0 Å². The number of methoxy groups -OCH3 is 3. The van der Waals surface area contributed by atoms with Crippen molar-refractivity contribution in [2.75, 3.05) is 21.3 Å². The molecule has 0 atom stereocenters. The summed E-state index contributed by atoms with van der Waals surface area (Å²) in [5.74, 6) is 2.78. The Balaban J connectivity index is 1.83. The second-order valence-corrected chi connectivity index (χ2v) is 6.00. The number of nitrogens with one attached hydrogen (secondary N) is 1. The maximum Gasteiger partial charge on any atom is 0.258 e. The number of aromatic amines is 1. The summed E-state index contributed by atoms with van der Waals surface area (Å²) in [6, 6.07) is 11.0. The van der Waals surface area contributed by atoms with Crippen LogP contribution in [-0.2, 0) is 6.42 Å². The molecule has 0 bridgehead atoms. The van der Waals surface area contributed by atoms with Crippen molar-refractivity contribution < 1.29 is 18.9 Å². The lowest BCUT2D eigenvalue weighted by atomic mass is 10.0. The Bertz CT molecular complexity index is 1050. The van der Waals surface area contributed by atoms with Crippen LogP contribution >= 0.6 is 0 Å². The lowest BCUT2D eigenvalue weighted by Gasteiger charge is -2.19. The molecular formula is C20H18N2O5. The van der Waals surface area contributed by atoms with Gasteiger partial charge in [0.25, 0.3) is 5.56 Å². The number of fused-ring (bicyclic) bond motifs is 2. The van der Waals surface area contributed by atoms with Gasteiger partial charge in [-0.2, -0.15) is 4.98 Å². The third kappa shape index (κ3) is 2.87. The van der Waals surface area contributed by atoms with Crippen molar-refractivity contribution in [3.63, 3.8) is 0 Å². The van der Waals surface area contributed by atoms with E-state index in [1.165, 1.54) is 21.3 Å². The molecule has 27 heavy (non-hydrogen) atoms. The third-order valence-electron chi connectivity index (χ3n) is 4.46. The Morgan fingerprint density at radius 1 is 1.04 bits per heavy atom. The van der Waals surface area contributed by atoms with E-state index >= 15 is 0 Å². The Kier molecular flexibility index (Phi) is 4.19. The normalized spacial score (nSPS) is 11.8. The maximum atomic E-state index is 12.6. The van der Waals surface area contributed by atoms with E-state index in [4.69, 9.17) is 18.9 Å². The first kappa shape index (κ1) is 17.0.